The number of hydrogen-bond donors (Lipinski definition) is 1. The average Bonchev–Trinajstić information content (AvgIpc) is 3.37. The lowest BCUT2D eigenvalue weighted by Crippen LogP contribution is -2.62. The molecule has 0 radical (unpaired) electrons. The van der Waals surface area contributed by atoms with Crippen LogP contribution < -0.4 is 0 Å². The Balaban J connectivity index is 1.31. The second kappa shape index (κ2) is 11.4. The van der Waals surface area contributed by atoms with Gasteiger partial charge in [0.1, 0.15) is 28.9 Å². The predicted octanol–water partition coefficient (Wildman–Crippen LogP) is 6.05. The number of ketones is 2. The summed E-state index contributed by atoms with van der Waals surface area (Å²) >= 11 is 0. The number of aliphatic hydroxyl groups is 1. The molecule has 2 aliphatic rings. The third-order valence-corrected chi connectivity index (χ3v) is 8.79. The second-order valence-corrected chi connectivity index (χ2v) is 13.1. The second-order valence-electron chi connectivity index (χ2n) is 13.1. The van der Waals surface area contributed by atoms with Gasteiger partial charge in [0.25, 0.3) is 0 Å². The molecule has 42 heavy (non-hydrogen) atoms. The van der Waals surface area contributed by atoms with E-state index in [1.54, 1.807) is 6.07 Å². The van der Waals surface area contributed by atoms with Crippen molar-refractivity contribution in [1.82, 2.24) is 15.0 Å². The van der Waals surface area contributed by atoms with Gasteiger partial charge in [0.15, 0.2) is 11.5 Å². The van der Waals surface area contributed by atoms with Gasteiger partial charge in [-0.15, -0.1) is 0 Å². The van der Waals surface area contributed by atoms with Crippen LogP contribution in [0.3, 0.4) is 0 Å². The number of carbonyl (C=O) groups excluding carboxylic acids is 2. The van der Waals surface area contributed by atoms with Gasteiger partial charge < -0.3 is 9.63 Å². The molecule has 1 saturated carbocycles. The maximum Gasteiger partial charge on any atom is 0.185 e. The molecule has 0 unspecified atom stereocenters. The van der Waals surface area contributed by atoms with Crippen LogP contribution >= 0.6 is 0 Å². The van der Waals surface area contributed by atoms with Gasteiger partial charge in [-0.1, -0.05) is 19.0 Å². The average molecular weight is 584 g/mol. The van der Waals surface area contributed by atoms with Gasteiger partial charge in [-0.05, 0) is 56.9 Å². The van der Waals surface area contributed by atoms with E-state index in [0.29, 0.717) is 31.6 Å². The Morgan fingerprint density at radius 1 is 1.05 bits per heavy atom. The molecular formula is C32H36F3N3O4. The van der Waals surface area contributed by atoms with Crippen LogP contribution in [0.5, 0.6) is 0 Å². The first kappa shape index (κ1) is 30.1. The summed E-state index contributed by atoms with van der Waals surface area (Å²) in [5.41, 5.74) is -1.31. The van der Waals surface area contributed by atoms with Crippen molar-refractivity contribution in [2.24, 2.45) is 5.41 Å². The van der Waals surface area contributed by atoms with Crippen molar-refractivity contribution in [2.45, 2.75) is 82.8 Å². The fraction of sp³-hybridized carbons (Fsp3) is 0.500. The third-order valence-electron chi connectivity index (χ3n) is 8.79. The number of pyridine rings is 1. The van der Waals surface area contributed by atoms with Crippen LogP contribution in [0, 0.1) is 22.9 Å². The molecule has 5 rings (SSSR count). The molecule has 7 nitrogen and oxygen atoms in total. The van der Waals surface area contributed by atoms with E-state index in [0.717, 1.165) is 31.2 Å². The van der Waals surface area contributed by atoms with Crippen molar-refractivity contribution in [1.29, 1.82) is 0 Å². The first-order chi connectivity index (χ1) is 19.7. The Morgan fingerprint density at radius 2 is 1.74 bits per heavy atom. The monoisotopic (exact) mass is 583 g/mol. The largest absolute Gasteiger partial charge is 0.390 e. The van der Waals surface area contributed by atoms with E-state index in [1.807, 2.05) is 20.8 Å². The summed E-state index contributed by atoms with van der Waals surface area (Å²) in [7, 11) is 0. The van der Waals surface area contributed by atoms with Crippen LogP contribution in [-0.4, -0.2) is 56.4 Å². The Kier molecular flexibility index (Phi) is 8.15. The molecule has 10 heteroatoms. The van der Waals surface area contributed by atoms with Gasteiger partial charge in [-0.2, -0.15) is 0 Å². The highest BCUT2D eigenvalue weighted by molar-refractivity contribution is 5.96. The lowest BCUT2D eigenvalue weighted by Gasteiger charge is -2.54. The highest BCUT2D eigenvalue weighted by Crippen LogP contribution is 2.44. The standard InChI is InChI=1S/C32H36F3N3O4/c1-30(2,29-7-5-21(34)17-36-29)14-23(39)15-32(18-38(19-32)22-8-10-31(3,41)11-9-22)16-27(40)26-13-28(42-37-26)24-6-4-20(33)12-25(24)35/h4-7,12-13,17,22,41H,8-11,14-16,18-19H2,1-3H3. The molecule has 1 aromatic carbocycles. The van der Waals surface area contributed by atoms with E-state index < -0.39 is 33.9 Å². The summed E-state index contributed by atoms with van der Waals surface area (Å²) in [6.45, 7) is 6.71. The van der Waals surface area contributed by atoms with Gasteiger partial charge in [0.2, 0.25) is 0 Å². The molecule has 224 valence electrons. The summed E-state index contributed by atoms with van der Waals surface area (Å²) in [4.78, 5) is 33.4. The molecule has 2 aromatic heterocycles. The molecular weight excluding hydrogens is 547 g/mol. The van der Waals surface area contributed by atoms with Crippen LogP contribution in [0.25, 0.3) is 11.3 Å². The summed E-state index contributed by atoms with van der Waals surface area (Å²) in [6.07, 6.45) is 4.59. The summed E-state index contributed by atoms with van der Waals surface area (Å²) in [6, 6.07) is 7.57. The molecule has 1 aliphatic heterocycles. The Morgan fingerprint density at radius 3 is 2.38 bits per heavy atom. The van der Waals surface area contributed by atoms with Crippen LogP contribution in [0.2, 0.25) is 0 Å². The fourth-order valence-corrected chi connectivity index (χ4v) is 6.44. The number of nitrogens with zero attached hydrogens (tertiary/aromatic N) is 3. The Hall–Kier alpha value is -3.37. The number of hydrogen-bond acceptors (Lipinski definition) is 7. The van der Waals surface area contributed by atoms with Gasteiger partial charge in [0, 0.05) is 67.1 Å². The number of halogens is 3. The highest BCUT2D eigenvalue weighted by atomic mass is 19.1. The van der Waals surface area contributed by atoms with Crippen molar-refractivity contribution < 1.29 is 32.4 Å². The van der Waals surface area contributed by atoms with E-state index in [2.05, 4.69) is 15.0 Å². The molecule has 1 N–H and O–H groups in total. The molecule has 3 aromatic rings. The minimum absolute atomic E-state index is 0.00697. The summed E-state index contributed by atoms with van der Waals surface area (Å²) in [5.74, 6) is -2.35. The number of likely N-dealkylation sites (tertiary alicyclic amines) is 1. The van der Waals surface area contributed by atoms with Crippen LogP contribution in [0.15, 0.2) is 47.1 Å². The summed E-state index contributed by atoms with van der Waals surface area (Å²) in [5, 5.41) is 14.2. The highest BCUT2D eigenvalue weighted by Gasteiger charge is 2.49. The quantitative estimate of drug-likeness (QED) is 0.290. The smallest absolute Gasteiger partial charge is 0.185 e. The minimum Gasteiger partial charge on any atom is -0.390 e. The molecule has 2 fully saturated rings. The van der Waals surface area contributed by atoms with Crippen molar-refractivity contribution in [2.75, 3.05) is 13.1 Å². The van der Waals surface area contributed by atoms with E-state index in [4.69, 9.17) is 4.52 Å². The van der Waals surface area contributed by atoms with E-state index in [1.165, 1.54) is 18.2 Å². The third kappa shape index (κ3) is 6.65. The molecule has 1 saturated heterocycles. The molecule has 1 aliphatic carbocycles. The topological polar surface area (TPSA) is 96.5 Å². The van der Waals surface area contributed by atoms with Gasteiger partial charge in [0.05, 0.1) is 17.4 Å². The maximum atomic E-state index is 14.3. The zero-order chi connectivity index (χ0) is 30.3. The zero-order valence-corrected chi connectivity index (χ0v) is 24.1. The number of Topliss-reactive ketones (excluding diaryl/α,β-unsaturated/α-hetero) is 2. The number of benzene rings is 1. The Labute approximate surface area is 243 Å². The van der Waals surface area contributed by atoms with E-state index in [9.17, 15) is 27.9 Å². The summed E-state index contributed by atoms with van der Waals surface area (Å²) < 4.78 is 46.3. The first-order valence-corrected chi connectivity index (χ1v) is 14.3. The molecule has 0 atom stereocenters. The lowest BCUT2D eigenvalue weighted by atomic mass is 9.68. The number of aromatic nitrogens is 2. The SMILES string of the molecule is CC1(O)CCC(N2CC(CC(=O)CC(C)(C)c3ccc(F)cn3)(CC(=O)c3cc(-c4ccc(F)cc4F)on3)C2)CC1. The van der Waals surface area contributed by atoms with Crippen molar-refractivity contribution >= 4 is 11.6 Å². The maximum absolute atomic E-state index is 14.3. The van der Waals surface area contributed by atoms with Crippen molar-refractivity contribution in [3.8, 4) is 11.3 Å². The predicted molar refractivity (Wildman–Crippen MR) is 149 cm³/mol. The Bertz CT molecular complexity index is 1450. The van der Waals surface area contributed by atoms with E-state index in [-0.39, 0.29) is 53.9 Å². The zero-order valence-electron chi connectivity index (χ0n) is 24.1. The first-order valence-electron chi connectivity index (χ1n) is 14.3. The molecule has 0 spiro atoms. The van der Waals surface area contributed by atoms with Crippen LogP contribution in [0.1, 0.15) is 81.9 Å². The molecule has 0 amide bonds. The lowest BCUT2D eigenvalue weighted by molar-refractivity contribution is -0.128. The number of rotatable bonds is 10. The minimum atomic E-state index is -0.827. The van der Waals surface area contributed by atoms with Gasteiger partial charge in [-0.25, -0.2) is 13.2 Å². The normalized spacial score (nSPS) is 22.5. The van der Waals surface area contributed by atoms with Gasteiger partial charge >= 0.3 is 0 Å². The molecule has 3 heterocycles. The van der Waals surface area contributed by atoms with Crippen LogP contribution in [-0.2, 0) is 10.2 Å². The number of carbonyl (C=O) groups is 2. The van der Waals surface area contributed by atoms with Crippen molar-refractivity contribution in [3.63, 3.8) is 0 Å². The van der Waals surface area contributed by atoms with E-state index >= 15 is 0 Å². The van der Waals surface area contributed by atoms with Crippen LogP contribution in [0.4, 0.5) is 13.2 Å². The van der Waals surface area contributed by atoms with Gasteiger partial charge in [-0.3, -0.25) is 19.5 Å². The fourth-order valence-electron chi connectivity index (χ4n) is 6.44. The molecule has 0 bridgehead atoms. The van der Waals surface area contributed by atoms with Crippen molar-refractivity contribution in [3.05, 3.63) is 71.4 Å².